The number of nitrogens with zero attached hydrogens (tertiary/aromatic N) is 1. The highest BCUT2D eigenvalue weighted by atomic mass is 16.5. The summed E-state index contributed by atoms with van der Waals surface area (Å²) < 4.78 is 16.3. The third-order valence-corrected chi connectivity index (χ3v) is 10.6. The first-order valence-corrected chi connectivity index (χ1v) is 20.6. The predicted molar refractivity (Wildman–Crippen MR) is 217 cm³/mol. The van der Waals surface area contributed by atoms with Gasteiger partial charge in [0.2, 0.25) is 23.6 Å². The van der Waals surface area contributed by atoms with E-state index in [0.717, 1.165) is 32.1 Å². The number of aliphatic hydroxyl groups excluding tert-OH is 1. The number of benzene rings is 1. The maximum atomic E-state index is 13.6. The van der Waals surface area contributed by atoms with Crippen LogP contribution in [-0.4, -0.2) is 115 Å². The zero-order valence-electron chi connectivity index (χ0n) is 34.5. The van der Waals surface area contributed by atoms with Gasteiger partial charge in [-0.05, 0) is 95.0 Å². The number of nitrogens with one attached hydrogen (secondary N) is 5. The molecule has 0 bridgehead atoms. The highest BCUT2D eigenvalue weighted by Crippen LogP contribution is 2.23. The number of hydrogen-bond donors (Lipinski definition) is 7. The van der Waals surface area contributed by atoms with Gasteiger partial charge >= 0.3 is 11.7 Å². The van der Waals surface area contributed by atoms with Crippen LogP contribution in [0.25, 0.3) is 11.0 Å². The second kappa shape index (κ2) is 22.8. The van der Waals surface area contributed by atoms with Crippen molar-refractivity contribution in [3.05, 3.63) is 40.2 Å². The molecule has 1 saturated heterocycles. The van der Waals surface area contributed by atoms with E-state index in [4.69, 9.17) is 19.6 Å². The Bertz CT molecular complexity index is 1830. The summed E-state index contributed by atoms with van der Waals surface area (Å²) in [5.74, 6) is -3.27. The van der Waals surface area contributed by atoms with Crippen molar-refractivity contribution in [1.29, 1.82) is 0 Å². The minimum Gasteiger partial charge on any atom is -0.484 e. The normalized spacial score (nSPS) is 17.7. The van der Waals surface area contributed by atoms with Gasteiger partial charge < -0.3 is 56.2 Å². The lowest BCUT2D eigenvalue weighted by atomic mass is 9.96. The summed E-state index contributed by atoms with van der Waals surface area (Å²) in [7, 11) is 0. The fourth-order valence-electron chi connectivity index (χ4n) is 7.32. The molecule has 2 heterocycles. The van der Waals surface area contributed by atoms with Crippen LogP contribution < -0.4 is 42.7 Å². The molecule has 1 saturated carbocycles. The van der Waals surface area contributed by atoms with Crippen LogP contribution in [0.3, 0.4) is 0 Å². The highest BCUT2D eigenvalue weighted by Gasteiger charge is 2.37. The molecule has 18 nitrogen and oxygen atoms in total. The maximum Gasteiger partial charge on any atom is 0.407 e. The molecular formula is C41H61N7O11. The molecule has 4 rings (SSSR count). The molecule has 326 valence electrons. The van der Waals surface area contributed by atoms with Gasteiger partial charge in [-0.15, -0.1) is 0 Å². The van der Waals surface area contributed by atoms with Crippen LogP contribution in [0.15, 0.2) is 33.5 Å². The van der Waals surface area contributed by atoms with E-state index in [-0.39, 0.29) is 19.1 Å². The minimum absolute atomic E-state index is 0.0254. The Morgan fingerprint density at radius 2 is 1.66 bits per heavy atom. The Morgan fingerprint density at radius 3 is 2.36 bits per heavy atom. The monoisotopic (exact) mass is 827 g/mol. The summed E-state index contributed by atoms with van der Waals surface area (Å²) in [6, 6.07) is 2.29. The van der Waals surface area contributed by atoms with Crippen LogP contribution in [0.2, 0.25) is 0 Å². The van der Waals surface area contributed by atoms with Crippen molar-refractivity contribution in [2.24, 2.45) is 11.7 Å². The molecule has 0 spiro atoms. The average molecular weight is 828 g/mol. The molecule has 59 heavy (non-hydrogen) atoms. The van der Waals surface area contributed by atoms with Crippen molar-refractivity contribution < 1.29 is 47.8 Å². The summed E-state index contributed by atoms with van der Waals surface area (Å²) in [5.41, 5.74) is 6.23. The Kier molecular flexibility index (Phi) is 17.9. The molecule has 1 aliphatic heterocycles. The molecule has 0 unspecified atom stereocenters. The fraction of sp³-hybridized carbons (Fsp3) is 0.634. The van der Waals surface area contributed by atoms with Gasteiger partial charge in [0.1, 0.15) is 36.1 Å². The second-order valence-electron chi connectivity index (χ2n) is 15.7. The van der Waals surface area contributed by atoms with Crippen LogP contribution >= 0.6 is 0 Å². The summed E-state index contributed by atoms with van der Waals surface area (Å²) in [6.45, 7) is 6.24. The van der Waals surface area contributed by atoms with E-state index in [9.17, 15) is 38.7 Å². The number of amides is 6. The van der Waals surface area contributed by atoms with Gasteiger partial charge in [-0.3, -0.25) is 24.0 Å². The van der Waals surface area contributed by atoms with E-state index < -0.39 is 90.6 Å². The zero-order chi connectivity index (χ0) is 43.1. The zero-order valence-corrected chi connectivity index (χ0v) is 34.5. The molecule has 6 amide bonds. The number of alkyl carbamates (subject to hydrolysis) is 1. The van der Waals surface area contributed by atoms with Crippen molar-refractivity contribution in [3.8, 4) is 5.75 Å². The Balaban J connectivity index is 1.29. The fourth-order valence-corrected chi connectivity index (χ4v) is 7.32. The smallest absolute Gasteiger partial charge is 0.407 e. The van der Waals surface area contributed by atoms with Crippen LogP contribution in [0.5, 0.6) is 5.75 Å². The lowest BCUT2D eigenvalue weighted by molar-refractivity contribution is -0.140. The van der Waals surface area contributed by atoms with Crippen molar-refractivity contribution >= 4 is 46.6 Å². The number of unbranched alkanes of at least 4 members (excludes halogenated alkanes) is 1. The summed E-state index contributed by atoms with van der Waals surface area (Å²) in [6.07, 6.45) is 5.80. The van der Waals surface area contributed by atoms with Crippen molar-refractivity contribution in [3.63, 3.8) is 0 Å². The minimum atomic E-state index is -1.33. The van der Waals surface area contributed by atoms with E-state index >= 15 is 0 Å². The van der Waals surface area contributed by atoms with E-state index in [1.165, 1.54) is 17.9 Å². The lowest BCUT2D eigenvalue weighted by Crippen LogP contribution is -2.58. The number of carbonyl (C=O) groups excluding carboxylic acids is 6. The standard InChI is InChI=1S/C41H61N7O11/c1-24(2)36(47-38(53)31(14-8-9-17-42)45-34(51)23-57-29-15-16-32-30(20-29)25(3)19-35(52)59-32)39(54)43-21-33(50)46-37(26(4)49)40(55)48-18-10-13-28(48)22-58-41(56)44-27-11-6-5-7-12-27/h15-16,19-20,24,26-28,31,36-37,49H,5-14,17-18,21-23,42H2,1-4H3,(H,43,54)(H,44,56)(H,45,51)(H,46,50)(H,47,53)/t26-,28+,31+,36+,37+/m1/s1. The van der Waals surface area contributed by atoms with E-state index in [0.29, 0.717) is 61.1 Å². The topological polar surface area (TPSA) is 261 Å². The quantitative estimate of drug-likeness (QED) is 0.0736. The number of nitrogens with two attached hydrogens (primary N) is 1. The molecule has 2 fully saturated rings. The van der Waals surface area contributed by atoms with Crippen LogP contribution in [-0.2, 0) is 28.7 Å². The second-order valence-corrected chi connectivity index (χ2v) is 15.7. The predicted octanol–water partition coefficient (Wildman–Crippen LogP) is 1.27. The number of likely N-dealkylation sites (tertiary alicyclic amines) is 1. The SMILES string of the molecule is Cc1cc(=O)oc2ccc(OCC(=O)N[C@@H](CCCCN)C(=O)N[C@H](C(=O)NCC(=O)N[C@H](C(=O)N3CCC[C@H]3COC(=O)NC3CCCCC3)[C@@H](C)O)C(C)C)cc12. The number of aryl methyl sites for hydroxylation is 1. The third-order valence-electron chi connectivity index (χ3n) is 10.6. The van der Waals surface area contributed by atoms with Crippen LogP contribution in [0, 0.1) is 12.8 Å². The number of rotatable bonds is 20. The molecule has 1 aromatic heterocycles. The summed E-state index contributed by atoms with van der Waals surface area (Å²) >= 11 is 0. The van der Waals surface area contributed by atoms with Crippen molar-refractivity contribution in [1.82, 2.24) is 31.5 Å². The first-order chi connectivity index (χ1) is 28.2. The molecule has 2 aliphatic rings. The molecule has 18 heteroatoms. The van der Waals surface area contributed by atoms with Gasteiger partial charge in [-0.25, -0.2) is 9.59 Å². The van der Waals surface area contributed by atoms with E-state index in [1.54, 1.807) is 39.0 Å². The number of carbonyl (C=O) groups is 6. The first kappa shape index (κ1) is 46.5. The maximum absolute atomic E-state index is 13.6. The average Bonchev–Trinajstić information content (AvgIpc) is 3.68. The molecule has 1 aromatic carbocycles. The summed E-state index contributed by atoms with van der Waals surface area (Å²) in [5, 5.41) is 24.4. The van der Waals surface area contributed by atoms with Crippen molar-refractivity contribution in [2.75, 3.05) is 32.8 Å². The van der Waals surface area contributed by atoms with Gasteiger partial charge in [0, 0.05) is 24.0 Å². The molecule has 1 aliphatic carbocycles. The molecule has 2 aromatic rings. The van der Waals surface area contributed by atoms with Gasteiger partial charge in [0.25, 0.3) is 5.91 Å². The Labute approximate surface area is 344 Å². The number of aliphatic hydroxyl groups is 1. The van der Waals surface area contributed by atoms with Gasteiger partial charge in [-0.2, -0.15) is 0 Å². The Hall–Kier alpha value is -5.23. The Morgan fingerprint density at radius 1 is 0.915 bits per heavy atom. The van der Waals surface area contributed by atoms with E-state index in [1.807, 2.05) is 0 Å². The van der Waals surface area contributed by atoms with Crippen LogP contribution in [0.1, 0.15) is 90.5 Å². The van der Waals surface area contributed by atoms with E-state index in [2.05, 4.69) is 26.6 Å². The molecule has 8 N–H and O–H groups in total. The number of ether oxygens (including phenoxy) is 2. The van der Waals surface area contributed by atoms with Crippen molar-refractivity contribution in [2.45, 2.75) is 128 Å². The molecule has 0 radical (unpaired) electrons. The number of hydrogen-bond acceptors (Lipinski definition) is 12. The van der Waals surface area contributed by atoms with Gasteiger partial charge in [0.15, 0.2) is 6.61 Å². The summed E-state index contributed by atoms with van der Waals surface area (Å²) in [4.78, 5) is 92.1. The highest BCUT2D eigenvalue weighted by molar-refractivity contribution is 5.95. The first-order valence-electron chi connectivity index (χ1n) is 20.6. The lowest BCUT2D eigenvalue weighted by Gasteiger charge is -2.30. The molecule has 5 atom stereocenters. The van der Waals surface area contributed by atoms with Crippen LogP contribution in [0.4, 0.5) is 4.79 Å². The largest absolute Gasteiger partial charge is 0.484 e. The third kappa shape index (κ3) is 14.2. The number of fused-ring (bicyclic) bond motifs is 1. The molecular weight excluding hydrogens is 766 g/mol. The van der Waals surface area contributed by atoms with Gasteiger partial charge in [0.05, 0.1) is 18.7 Å². The van der Waals surface area contributed by atoms with Gasteiger partial charge in [-0.1, -0.05) is 33.1 Å².